The summed E-state index contributed by atoms with van der Waals surface area (Å²) in [5.74, 6) is -0.357. The van der Waals surface area contributed by atoms with Crippen molar-refractivity contribution in [3.63, 3.8) is 0 Å². The molecule has 2 heterocycles. The van der Waals surface area contributed by atoms with E-state index >= 15 is 0 Å². The summed E-state index contributed by atoms with van der Waals surface area (Å²) in [5.41, 5.74) is 1.10. The van der Waals surface area contributed by atoms with Crippen LogP contribution in [0.15, 0.2) is 24.5 Å². The van der Waals surface area contributed by atoms with E-state index in [1.807, 2.05) is 0 Å². The van der Waals surface area contributed by atoms with Gasteiger partial charge in [0.05, 0.1) is 6.61 Å². The summed E-state index contributed by atoms with van der Waals surface area (Å²) in [5, 5.41) is 4.01. The molecule has 0 spiro atoms. The molecule has 2 aromatic heterocycles. The number of hydrogen-bond acceptors (Lipinski definition) is 3. The number of ether oxygens (including phenoxy) is 1. The second-order valence-electron chi connectivity index (χ2n) is 2.72. The Balaban J connectivity index is 0.00000112. The minimum Gasteiger partial charge on any atom is -0.471 e. The molecule has 0 aliphatic carbocycles. The molecule has 0 atom stereocenters. The molecule has 0 aliphatic heterocycles. The fraction of sp³-hybridized carbons (Fsp3) is 0.200. The van der Waals surface area contributed by atoms with Crippen molar-refractivity contribution in [3.8, 4) is 0 Å². The Hall–Kier alpha value is -0.0348. The van der Waals surface area contributed by atoms with E-state index in [2.05, 4.69) is 11.2 Å². The second kappa shape index (κ2) is 5.89. The van der Waals surface area contributed by atoms with Gasteiger partial charge in [0.15, 0.2) is 0 Å². The second-order valence-corrected chi connectivity index (χ2v) is 2.72. The molecule has 2 rings (SSSR count). The minimum atomic E-state index is -0.357. The van der Waals surface area contributed by atoms with Crippen LogP contribution in [0.3, 0.4) is 0 Å². The maximum Gasteiger partial charge on any atom is 1.00 e. The van der Waals surface area contributed by atoms with Crippen LogP contribution in [0.5, 0.6) is 0 Å². The maximum atomic E-state index is 11.4. The van der Waals surface area contributed by atoms with Crippen molar-refractivity contribution in [2.45, 2.75) is 6.92 Å². The van der Waals surface area contributed by atoms with Crippen LogP contribution < -0.4 is 58.2 Å². The summed E-state index contributed by atoms with van der Waals surface area (Å²) in [6, 6.07) is 6.47. The number of hydrogen-bond donors (Lipinski definition) is 0. The Bertz CT molecular complexity index is 467. The molecule has 0 unspecified atom stereocenters. The number of nitrogens with zero attached hydrogens (tertiary/aromatic N) is 2. The third-order valence-corrected chi connectivity index (χ3v) is 1.83. The summed E-state index contributed by atoms with van der Waals surface area (Å²) in [4.78, 5) is 11.4. The van der Waals surface area contributed by atoms with E-state index in [1.165, 1.54) is 6.20 Å². The zero-order chi connectivity index (χ0) is 9.97. The van der Waals surface area contributed by atoms with Gasteiger partial charge in [0, 0.05) is 11.8 Å². The molecule has 4 nitrogen and oxygen atoms in total. The number of esters is 1. The van der Waals surface area contributed by atoms with Gasteiger partial charge in [0.25, 0.3) is 5.97 Å². The Morgan fingerprint density at radius 1 is 1.67 bits per heavy atom. The molecule has 0 fully saturated rings. The topological polar surface area (TPSA) is 43.6 Å². The van der Waals surface area contributed by atoms with Crippen molar-refractivity contribution >= 4 is 11.5 Å². The first-order valence-corrected chi connectivity index (χ1v) is 4.34. The van der Waals surface area contributed by atoms with Gasteiger partial charge < -0.3 is 4.74 Å². The van der Waals surface area contributed by atoms with E-state index in [4.69, 9.17) is 4.74 Å². The van der Waals surface area contributed by atoms with Gasteiger partial charge in [-0.05, 0) is 18.6 Å². The molecular formula is C10H9N2O2Rb. The first kappa shape index (κ1) is 13.0. The number of carbonyl (C=O) groups excluding carboxylic acids is 1. The molecule has 72 valence electrons. The number of carbonyl (C=O) groups is 1. The summed E-state index contributed by atoms with van der Waals surface area (Å²) >= 11 is 0. The molecule has 0 radical (unpaired) electrons. The smallest absolute Gasteiger partial charge is 0.471 e. The first-order valence-electron chi connectivity index (χ1n) is 4.34. The van der Waals surface area contributed by atoms with Crippen LogP contribution in [-0.4, -0.2) is 22.2 Å². The number of rotatable bonds is 2. The number of fused-ring (bicyclic) bond motifs is 1. The average Bonchev–Trinajstić information content (AvgIpc) is 2.61. The van der Waals surface area contributed by atoms with Crippen LogP contribution in [0.2, 0.25) is 0 Å². The Labute approximate surface area is 136 Å². The van der Waals surface area contributed by atoms with Crippen molar-refractivity contribution in [1.82, 2.24) is 9.61 Å². The molecule has 15 heavy (non-hydrogen) atoms. The maximum absolute atomic E-state index is 11.4. The minimum absolute atomic E-state index is 0. The van der Waals surface area contributed by atoms with Crippen LogP contribution >= 0.6 is 0 Å². The molecule has 0 bridgehead atoms. The fourth-order valence-electron chi connectivity index (χ4n) is 1.23. The summed E-state index contributed by atoms with van der Waals surface area (Å²) < 4.78 is 6.47. The van der Waals surface area contributed by atoms with Gasteiger partial charge >= 0.3 is 58.2 Å². The zero-order valence-electron chi connectivity index (χ0n) is 8.73. The van der Waals surface area contributed by atoms with E-state index in [0.717, 1.165) is 0 Å². The van der Waals surface area contributed by atoms with Gasteiger partial charge in [-0.15, -0.1) is 6.07 Å². The standard InChI is InChI=1S/C10H9N2O2.Rb/c1-2-14-10(13)8-7-11-12-6-4-3-5-9(8)12;/h3-4,6-7H,2H2,1H3;/q-1;+1. The molecule has 2 aromatic rings. The molecule has 0 saturated heterocycles. The molecule has 0 amide bonds. The number of aromatic nitrogens is 2. The molecule has 5 heteroatoms. The quantitative estimate of drug-likeness (QED) is 0.485. The van der Waals surface area contributed by atoms with Crippen LogP contribution in [0.1, 0.15) is 17.3 Å². The summed E-state index contributed by atoms with van der Waals surface area (Å²) in [6.07, 6.45) is 3.25. The van der Waals surface area contributed by atoms with Gasteiger partial charge in [0.1, 0.15) is 0 Å². The molecule has 0 aliphatic rings. The van der Waals surface area contributed by atoms with E-state index < -0.39 is 0 Å². The monoisotopic (exact) mass is 274 g/mol. The van der Waals surface area contributed by atoms with Crippen LogP contribution in [0.4, 0.5) is 0 Å². The van der Waals surface area contributed by atoms with Crippen molar-refractivity contribution in [3.05, 3.63) is 36.2 Å². The van der Waals surface area contributed by atoms with E-state index in [0.29, 0.717) is 17.7 Å². The van der Waals surface area contributed by atoms with Gasteiger partial charge in [-0.1, -0.05) is 0 Å². The van der Waals surface area contributed by atoms with Crippen molar-refractivity contribution in [1.29, 1.82) is 0 Å². The van der Waals surface area contributed by atoms with E-state index in [-0.39, 0.29) is 64.2 Å². The van der Waals surface area contributed by atoms with E-state index in [1.54, 1.807) is 29.8 Å². The van der Waals surface area contributed by atoms with E-state index in [9.17, 15) is 4.79 Å². The molecule has 0 saturated carbocycles. The first-order chi connectivity index (χ1) is 6.83. The van der Waals surface area contributed by atoms with Gasteiger partial charge in [-0.3, -0.25) is 9.31 Å². The van der Waals surface area contributed by atoms with Crippen LogP contribution in [-0.2, 0) is 4.74 Å². The Morgan fingerprint density at radius 2 is 2.47 bits per heavy atom. The third-order valence-electron chi connectivity index (χ3n) is 1.83. The predicted octanol–water partition coefficient (Wildman–Crippen LogP) is -1.68. The Morgan fingerprint density at radius 3 is 3.20 bits per heavy atom. The van der Waals surface area contributed by atoms with Gasteiger partial charge in [-0.2, -0.15) is 17.2 Å². The average molecular weight is 275 g/mol. The van der Waals surface area contributed by atoms with Crippen LogP contribution in [0.25, 0.3) is 5.52 Å². The van der Waals surface area contributed by atoms with Crippen LogP contribution in [0, 0.1) is 6.07 Å². The molecular weight excluding hydrogens is 266 g/mol. The normalized spacial score (nSPS) is 9.67. The van der Waals surface area contributed by atoms with Crippen molar-refractivity contribution in [2.24, 2.45) is 0 Å². The largest absolute Gasteiger partial charge is 1.00 e. The summed E-state index contributed by atoms with van der Waals surface area (Å²) in [6.45, 7) is 2.14. The predicted molar refractivity (Wildman–Crippen MR) is 50.0 cm³/mol. The Kier molecular flexibility index (Phi) is 5.12. The fourth-order valence-corrected chi connectivity index (χ4v) is 1.23. The molecule has 0 aromatic carbocycles. The molecule has 0 N–H and O–H groups in total. The van der Waals surface area contributed by atoms with Gasteiger partial charge in [0.2, 0.25) is 0 Å². The SMILES string of the molecule is CCOC(=O)c1cnn2ccc[c-]c12.[Rb+]. The third kappa shape index (κ3) is 2.75. The van der Waals surface area contributed by atoms with Crippen molar-refractivity contribution < 1.29 is 67.7 Å². The number of pyridine rings is 1. The van der Waals surface area contributed by atoms with Gasteiger partial charge in [-0.25, -0.2) is 0 Å². The van der Waals surface area contributed by atoms with Crippen molar-refractivity contribution in [2.75, 3.05) is 6.61 Å². The summed E-state index contributed by atoms with van der Waals surface area (Å²) in [7, 11) is 0. The zero-order valence-corrected chi connectivity index (χ0v) is 13.6.